The number of ether oxygens (including phenoxy) is 1. The van der Waals surface area contributed by atoms with Crippen LogP contribution < -0.4 is 0 Å². The predicted octanol–water partition coefficient (Wildman–Crippen LogP) is 5.03. The lowest BCUT2D eigenvalue weighted by Crippen LogP contribution is -2.35. The van der Waals surface area contributed by atoms with Crippen LogP contribution >= 0.6 is 11.8 Å². The number of thioether (sulfide) groups is 1. The van der Waals surface area contributed by atoms with E-state index in [0.29, 0.717) is 5.52 Å². The topological polar surface area (TPSA) is 56.1 Å². The number of aryl methyl sites for hydroxylation is 1. The molecular formula is C23H28F3N5OS. The van der Waals surface area contributed by atoms with Gasteiger partial charge in [0.25, 0.3) is 0 Å². The molecule has 1 saturated heterocycles. The van der Waals surface area contributed by atoms with E-state index in [1.807, 2.05) is 16.9 Å². The summed E-state index contributed by atoms with van der Waals surface area (Å²) in [6.07, 6.45) is 3.56. The summed E-state index contributed by atoms with van der Waals surface area (Å²) in [6.45, 7) is 5.12. The van der Waals surface area contributed by atoms with Crippen LogP contribution in [-0.4, -0.2) is 56.9 Å². The molecule has 3 heterocycles. The Labute approximate surface area is 195 Å². The normalized spacial score (nSPS) is 15.4. The third-order valence-corrected chi connectivity index (χ3v) is 6.80. The zero-order valence-corrected chi connectivity index (χ0v) is 19.2. The van der Waals surface area contributed by atoms with Crippen LogP contribution in [0.25, 0.3) is 10.9 Å². The number of unbranched alkanes of at least 4 members (excludes halogenated alkanes) is 3. The predicted molar refractivity (Wildman–Crippen MR) is 122 cm³/mol. The number of hydrogen-bond donors (Lipinski definition) is 0. The average Bonchev–Trinajstić information content (AvgIpc) is 3.25. The molecule has 6 nitrogen and oxygen atoms in total. The van der Waals surface area contributed by atoms with Crippen molar-refractivity contribution in [3.8, 4) is 0 Å². The number of rotatable bonds is 10. The Morgan fingerprint density at radius 1 is 1.03 bits per heavy atom. The highest BCUT2D eigenvalue weighted by molar-refractivity contribution is 7.99. The maximum Gasteiger partial charge on any atom is 0.416 e. The quantitative estimate of drug-likeness (QED) is 0.300. The summed E-state index contributed by atoms with van der Waals surface area (Å²) < 4.78 is 46.1. The summed E-state index contributed by atoms with van der Waals surface area (Å²) in [5.74, 6) is 0.924. The van der Waals surface area contributed by atoms with E-state index in [9.17, 15) is 13.2 Å². The number of alkyl halides is 3. The first-order chi connectivity index (χ1) is 16.0. The minimum absolute atomic E-state index is 0.385. The number of morpholine rings is 1. The number of hydrogen-bond acceptors (Lipinski definition) is 6. The van der Waals surface area contributed by atoms with Crippen LogP contribution in [0.1, 0.15) is 36.9 Å². The van der Waals surface area contributed by atoms with E-state index >= 15 is 0 Å². The summed E-state index contributed by atoms with van der Waals surface area (Å²) in [5, 5.41) is 9.28. The van der Waals surface area contributed by atoms with E-state index in [-0.39, 0.29) is 0 Å². The van der Waals surface area contributed by atoms with Gasteiger partial charge in [-0.2, -0.15) is 13.2 Å². The highest BCUT2D eigenvalue weighted by Crippen LogP contribution is 2.34. The first-order valence-electron chi connectivity index (χ1n) is 11.3. The Balaban J connectivity index is 1.15. The van der Waals surface area contributed by atoms with Gasteiger partial charge in [0.05, 0.1) is 30.0 Å². The maximum absolute atomic E-state index is 12.9. The van der Waals surface area contributed by atoms with Crippen LogP contribution in [0.5, 0.6) is 0 Å². The van der Waals surface area contributed by atoms with Gasteiger partial charge in [0, 0.05) is 48.9 Å². The molecule has 0 bridgehead atoms. The number of pyridine rings is 1. The second-order valence-electron chi connectivity index (χ2n) is 8.16. The summed E-state index contributed by atoms with van der Waals surface area (Å²) in [6, 6.07) is 5.65. The highest BCUT2D eigenvalue weighted by atomic mass is 32.2. The van der Waals surface area contributed by atoms with Gasteiger partial charge in [-0.05, 0) is 36.8 Å². The third kappa shape index (κ3) is 6.91. The Bertz CT molecular complexity index is 1040. The first kappa shape index (κ1) is 24.0. The van der Waals surface area contributed by atoms with Crippen molar-refractivity contribution in [3.05, 3.63) is 47.9 Å². The number of nitrogens with zero attached hydrogens (tertiary/aromatic N) is 5. The molecule has 10 heteroatoms. The van der Waals surface area contributed by atoms with E-state index in [4.69, 9.17) is 4.74 Å². The molecule has 33 heavy (non-hydrogen) atoms. The van der Waals surface area contributed by atoms with E-state index in [1.165, 1.54) is 6.07 Å². The number of benzene rings is 1. The van der Waals surface area contributed by atoms with E-state index in [0.717, 1.165) is 98.9 Å². The van der Waals surface area contributed by atoms with Crippen LogP contribution in [-0.2, 0) is 24.0 Å². The number of fused-ring (bicyclic) bond motifs is 1. The minimum Gasteiger partial charge on any atom is -0.379 e. The molecule has 2 aromatic heterocycles. The molecule has 4 rings (SSSR count). The average molecular weight is 480 g/mol. The summed E-state index contributed by atoms with van der Waals surface area (Å²) in [7, 11) is 0. The molecule has 0 unspecified atom stereocenters. The van der Waals surface area contributed by atoms with Crippen LogP contribution in [0.2, 0.25) is 0 Å². The largest absolute Gasteiger partial charge is 0.416 e. The number of halogens is 3. The molecule has 1 aromatic carbocycles. The molecule has 1 aliphatic heterocycles. The summed E-state index contributed by atoms with van der Waals surface area (Å²) in [5.41, 5.74) is 0.723. The van der Waals surface area contributed by atoms with Gasteiger partial charge < -0.3 is 4.74 Å². The second-order valence-corrected chi connectivity index (χ2v) is 9.30. The van der Waals surface area contributed by atoms with Gasteiger partial charge in [0.2, 0.25) is 0 Å². The molecule has 0 saturated carbocycles. The molecule has 1 aliphatic rings. The highest BCUT2D eigenvalue weighted by Gasteiger charge is 2.30. The fourth-order valence-electron chi connectivity index (χ4n) is 3.84. The smallest absolute Gasteiger partial charge is 0.379 e. The van der Waals surface area contributed by atoms with Gasteiger partial charge in [-0.25, -0.2) is 0 Å². The van der Waals surface area contributed by atoms with Crippen molar-refractivity contribution in [2.75, 3.05) is 32.1 Å². The Morgan fingerprint density at radius 2 is 1.85 bits per heavy atom. The van der Waals surface area contributed by atoms with Crippen molar-refractivity contribution in [3.63, 3.8) is 0 Å². The van der Waals surface area contributed by atoms with Crippen LogP contribution in [0.4, 0.5) is 13.2 Å². The zero-order valence-electron chi connectivity index (χ0n) is 18.4. The minimum atomic E-state index is -4.35. The molecule has 0 radical (unpaired) electrons. The Hall–Kier alpha value is -2.17. The van der Waals surface area contributed by atoms with Crippen LogP contribution in [0.15, 0.2) is 41.6 Å². The van der Waals surface area contributed by atoms with Gasteiger partial charge in [-0.3, -0.25) is 14.6 Å². The molecule has 0 spiro atoms. The molecule has 0 N–H and O–H groups in total. The van der Waals surface area contributed by atoms with Crippen molar-refractivity contribution in [1.29, 1.82) is 0 Å². The maximum atomic E-state index is 12.9. The van der Waals surface area contributed by atoms with Gasteiger partial charge in [0.1, 0.15) is 0 Å². The van der Waals surface area contributed by atoms with Crippen LogP contribution in [0.3, 0.4) is 0 Å². The molecule has 3 aromatic rings. The van der Waals surface area contributed by atoms with Gasteiger partial charge in [0.15, 0.2) is 0 Å². The molecule has 178 valence electrons. The molecule has 0 amide bonds. The lowest BCUT2D eigenvalue weighted by molar-refractivity contribution is -0.137. The van der Waals surface area contributed by atoms with E-state index < -0.39 is 11.7 Å². The summed E-state index contributed by atoms with van der Waals surface area (Å²) in [4.78, 5) is 7.42. The van der Waals surface area contributed by atoms with Crippen LogP contribution in [0, 0.1) is 0 Å². The Kier molecular flexibility index (Phi) is 8.21. The fourth-order valence-corrected chi connectivity index (χ4v) is 4.90. The van der Waals surface area contributed by atoms with Crippen molar-refractivity contribution in [2.24, 2.45) is 0 Å². The molecule has 0 atom stereocenters. The Morgan fingerprint density at radius 3 is 2.67 bits per heavy atom. The monoisotopic (exact) mass is 479 g/mol. The van der Waals surface area contributed by atoms with Crippen molar-refractivity contribution < 1.29 is 17.9 Å². The SMILES string of the molecule is FC(F)(F)c1ccc2c(SCCCCCCn3cc(CN4CCOCC4)nn3)ccnc2c1. The molecule has 0 aliphatic carbocycles. The van der Waals surface area contributed by atoms with Gasteiger partial charge >= 0.3 is 6.18 Å². The zero-order chi connectivity index (χ0) is 23.1. The lowest BCUT2D eigenvalue weighted by atomic mass is 10.1. The second kappa shape index (κ2) is 11.3. The van der Waals surface area contributed by atoms with Crippen molar-refractivity contribution in [2.45, 2.75) is 49.8 Å². The number of aromatic nitrogens is 4. The fraction of sp³-hybridized carbons (Fsp3) is 0.522. The van der Waals surface area contributed by atoms with Crippen molar-refractivity contribution >= 4 is 22.7 Å². The first-order valence-corrected chi connectivity index (χ1v) is 12.3. The summed E-state index contributed by atoms with van der Waals surface area (Å²) >= 11 is 1.68. The van der Waals surface area contributed by atoms with Gasteiger partial charge in [-0.15, -0.1) is 16.9 Å². The third-order valence-electron chi connectivity index (χ3n) is 5.64. The van der Waals surface area contributed by atoms with E-state index in [1.54, 1.807) is 18.0 Å². The lowest BCUT2D eigenvalue weighted by Gasteiger charge is -2.25. The van der Waals surface area contributed by atoms with Gasteiger partial charge in [-0.1, -0.05) is 24.1 Å². The van der Waals surface area contributed by atoms with Crippen molar-refractivity contribution in [1.82, 2.24) is 24.9 Å². The molecule has 1 fully saturated rings. The van der Waals surface area contributed by atoms with E-state index in [2.05, 4.69) is 20.2 Å². The standard InChI is InChI=1S/C23H28F3N5OS/c24-23(25,26)18-5-6-20-21(15-18)27-8-7-22(20)33-14-4-2-1-3-9-31-17-19(28-29-31)16-30-10-12-32-13-11-30/h5-8,15,17H,1-4,9-14,16H2. The molecular weight excluding hydrogens is 451 g/mol.